The Morgan fingerprint density at radius 1 is 1.17 bits per heavy atom. The highest BCUT2D eigenvalue weighted by molar-refractivity contribution is 5.67. The second-order valence-corrected chi connectivity index (χ2v) is 6.87. The number of aryl methyl sites for hydroxylation is 1. The van der Waals surface area contributed by atoms with Crippen LogP contribution >= 0.6 is 0 Å². The van der Waals surface area contributed by atoms with Crippen molar-refractivity contribution in [1.29, 1.82) is 0 Å². The Morgan fingerprint density at radius 3 is 2.35 bits per heavy atom. The second kappa shape index (κ2) is 9.53. The molecule has 0 heterocycles. The molecule has 5 heteroatoms. The van der Waals surface area contributed by atoms with Gasteiger partial charge in [0.05, 0.1) is 0 Å². The third kappa shape index (κ3) is 9.21. The molecule has 1 amide bonds. The van der Waals surface area contributed by atoms with Crippen LogP contribution in [0.3, 0.4) is 0 Å². The van der Waals surface area contributed by atoms with E-state index in [9.17, 15) is 4.79 Å². The van der Waals surface area contributed by atoms with E-state index < -0.39 is 5.60 Å². The monoisotopic (exact) mass is 321 g/mol. The molecule has 0 spiro atoms. The maximum Gasteiger partial charge on any atom is 0.407 e. The van der Waals surface area contributed by atoms with Crippen molar-refractivity contribution in [3.8, 4) is 0 Å². The zero-order chi connectivity index (χ0) is 17.3. The first kappa shape index (κ1) is 19.5. The molecule has 1 aromatic rings. The maximum absolute atomic E-state index is 11.6. The summed E-state index contributed by atoms with van der Waals surface area (Å²) < 4.78 is 5.21. The highest BCUT2D eigenvalue weighted by Crippen LogP contribution is 2.09. The first-order valence-electron chi connectivity index (χ1n) is 8.23. The first-order valence-corrected chi connectivity index (χ1v) is 8.23. The molecule has 0 aromatic heterocycles. The van der Waals surface area contributed by atoms with Gasteiger partial charge < -0.3 is 20.7 Å². The lowest BCUT2D eigenvalue weighted by atomic mass is 10.1. The molecule has 1 aromatic carbocycles. The van der Waals surface area contributed by atoms with Crippen LogP contribution in [0.25, 0.3) is 0 Å². The molecule has 23 heavy (non-hydrogen) atoms. The number of carbonyl (C=O) groups is 1. The van der Waals surface area contributed by atoms with E-state index in [2.05, 4.69) is 41.5 Å². The summed E-state index contributed by atoms with van der Waals surface area (Å²) >= 11 is 0. The minimum atomic E-state index is -0.467. The fourth-order valence-corrected chi connectivity index (χ4v) is 2.20. The summed E-state index contributed by atoms with van der Waals surface area (Å²) in [5.74, 6) is 0. The molecule has 3 N–H and O–H groups in total. The highest BCUT2D eigenvalue weighted by Gasteiger charge is 2.15. The van der Waals surface area contributed by atoms with Crippen molar-refractivity contribution >= 4 is 6.09 Å². The first-order chi connectivity index (χ1) is 10.8. The molecule has 0 aliphatic carbocycles. The van der Waals surface area contributed by atoms with Crippen molar-refractivity contribution in [3.05, 3.63) is 35.4 Å². The van der Waals surface area contributed by atoms with Crippen molar-refractivity contribution < 1.29 is 9.53 Å². The van der Waals surface area contributed by atoms with E-state index in [1.54, 1.807) is 0 Å². The topological polar surface area (TPSA) is 67.6 Å². The largest absolute Gasteiger partial charge is 0.444 e. The second-order valence-electron chi connectivity index (χ2n) is 6.87. The number of likely N-dealkylation sites (N-methyl/N-ethyl adjacent to an activating group) is 1. The van der Waals surface area contributed by atoms with Gasteiger partial charge in [0, 0.05) is 19.6 Å². The molecule has 5 nitrogen and oxygen atoms in total. The van der Waals surface area contributed by atoms with Crippen LogP contribution in [0, 0.1) is 0 Å². The average Bonchev–Trinajstić information content (AvgIpc) is 2.45. The van der Waals surface area contributed by atoms with Gasteiger partial charge >= 0.3 is 6.09 Å². The molecule has 0 fully saturated rings. The lowest BCUT2D eigenvalue weighted by molar-refractivity contribution is 0.0523. The summed E-state index contributed by atoms with van der Waals surface area (Å²) in [6.45, 7) is 8.74. The molecule has 1 rings (SSSR count). The lowest BCUT2D eigenvalue weighted by Crippen LogP contribution is -2.32. The van der Waals surface area contributed by atoms with E-state index in [1.807, 2.05) is 20.8 Å². The van der Waals surface area contributed by atoms with Gasteiger partial charge in [0.1, 0.15) is 5.60 Å². The van der Waals surface area contributed by atoms with Crippen LogP contribution < -0.4 is 11.1 Å². The van der Waals surface area contributed by atoms with Gasteiger partial charge in [0.2, 0.25) is 0 Å². The van der Waals surface area contributed by atoms with Crippen LogP contribution in [-0.4, -0.2) is 43.3 Å². The number of hydrogen-bond acceptors (Lipinski definition) is 4. The van der Waals surface area contributed by atoms with Crippen LogP contribution in [0.2, 0.25) is 0 Å². The number of ether oxygens (including phenoxy) is 1. The third-order valence-electron chi connectivity index (χ3n) is 3.37. The molecule has 0 aliphatic rings. The fraction of sp³-hybridized carbons (Fsp3) is 0.611. The number of hydrogen-bond donors (Lipinski definition) is 2. The van der Waals surface area contributed by atoms with Gasteiger partial charge in [-0.05, 0) is 58.3 Å². The van der Waals surface area contributed by atoms with Crippen LogP contribution in [0.4, 0.5) is 4.79 Å². The summed E-state index contributed by atoms with van der Waals surface area (Å²) in [7, 11) is 2.10. The number of benzene rings is 1. The number of amides is 1. The van der Waals surface area contributed by atoms with Crippen molar-refractivity contribution in [3.63, 3.8) is 0 Å². The minimum absolute atomic E-state index is 0.385. The minimum Gasteiger partial charge on any atom is -0.444 e. The predicted molar refractivity (Wildman–Crippen MR) is 94.4 cm³/mol. The van der Waals surface area contributed by atoms with Gasteiger partial charge in [-0.25, -0.2) is 4.79 Å². The average molecular weight is 321 g/mol. The Kier molecular flexibility index (Phi) is 8.06. The smallest absolute Gasteiger partial charge is 0.407 e. The number of alkyl carbamates (subject to hydrolysis) is 1. The molecule has 130 valence electrons. The molecule has 0 saturated carbocycles. The van der Waals surface area contributed by atoms with Gasteiger partial charge in [-0.2, -0.15) is 0 Å². The van der Waals surface area contributed by atoms with E-state index in [1.165, 1.54) is 5.56 Å². The molecule has 0 saturated heterocycles. The summed E-state index contributed by atoms with van der Waals surface area (Å²) in [6, 6.07) is 8.34. The Hall–Kier alpha value is -1.59. The standard InChI is InChI=1S/C18H31N3O2/c1-18(2,3)23-17(22)20-14-16-9-7-15(8-10-16)6-5-12-21(4)13-11-19/h7-10H,5-6,11-14,19H2,1-4H3,(H,20,22). The van der Waals surface area contributed by atoms with Gasteiger partial charge in [0.15, 0.2) is 0 Å². The van der Waals surface area contributed by atoms with E-state index in [0.29, 0.717) is 13.1 Å². The van der Waals surface area contributed by atoms with Crippen molar-refractivity contribution in [2.75, 3.05) is 26.7 Å². The fourth-order valence-electron chi connectivity index (χ4n) is 2.20. The van der Waals surface area contributed by atoms with Gasteiger partial charge in [-0.15, -0.1) is 0 Å². The van der Waals surface area contributed by atoms with E-state index in [0.717, 1.165) is 31.5 Å². The number of nitrogens with zero attached hydrogens (tertiary/aromatic N) is 1. The Balaban J connectivity index is 2.32. The zero-order valence-electron chi connectivity index (χ0n) is 14.9. The number of nitrogens with two attached hydrogens (primary N) is 1. The van der Waals surface area contributed by atoms with E-state index >= 15 is 0 Å². The predicted octanol–water partition coefficient (Wildman–Crippen LogP) is 2.53. The van der Waals surface area contributed by atoms with Gasteiger partial charge in [0.25, 0.3) is 0 Å². The molecular formula is C18H31N3O2. The Labute approximate surface area is 140 Å². The highest BCUT2D eigenvalue weighted by atomic mass is 16.6. The van der Waals surface area contributed by atoms with Crippen LogP contribution in [0.1, 0.15) is 38.3 Å². The van der Waals surface area contributed by atoms with E-state index in [-0.39, 0.29) is 6.09 Å². The molecule has 0 aliphatic heterocycles. The third-order valence-corrected chi connectivity index (χ3v) is 3.37. The number of nitrogens with one attached hydrogen (secondary N) is 1. The van der Waals surface area contributed by atoms with Crippen molar-refractivity contribution in [1.82, 2.24) is 10.2 Å². The summed E-state index contributed by atoms with van der Waals surface area (Å²) in [4.78, 5) is 13.9. The Bertz CT molecular complexity index is 466. The van der Waals surface area contributed by atoms with Gasteiger partial charge in [-0.3, -0.25) is 0 Å². The lowest BCUT2D eigenvalue weighted by Gasteiger charge is -2.19. The quantitative estimate of drug-likeness (QED) is 0.772. The summed E-state index contributed by atoms with van der Waals surface area (Å²) in [5, 5.41) is 2.77. The zero-order valence-corrected chi connectivity index (χ0v) is 14.9. The number of rotatable bonds is 8. The summed E-state index contributed by atoms with van der Waals surface area (Å²) in [6.07, 6.45) is 1.78. The van der Waals surface area contributed by atoms with Crippen LogP contribution in [-0.2, 0) is 17.7 Å². The SMILES string of the molecule is CN(CCN)CCCc1ccc(CNC(=O)OC(C)(C)C)cc1. The molecular weight excluding hydrogens is 290 g/mol. The molecule has 0 atom stereocenters. The molecule has 0 bridgehead atoms. The van der Waals surface area contributed by atoms with Crippen molar-refractivity contribution in [2.24, 2.45) is 5.73 Å². The van der Waals surface area contributed by atoms with Crippen molar-refractivity contribution in [2.45, 2.75) is 45.8 Å². The van der Waals surface area contributed by atoms with Crippen LogP contribution in [0.15, 0.2) is 24.3 Å². The maximum atomic E-state index is 11.6. The molecule has 0 unspecified atom stereocenters. The Morgan fingerprint density at radius 2 is 1.78 bits per heavy atom. The van der Waals surface area contributed by atoms with Gasteiger partial charge in [-0.1, -0.05) is 24.3 Å². The van der Waals surface area contributed by atoms with Crippen LogP contribution in [0.5, 0.6) is 0 Å². The summed E-state index contributed by atoms with van der Waals surface area (Å²) in [5.41, 5.74) is 7.45. The normalized spacial score (nSPS) is 11.6. The molecule has 0 radical (unpaired) electrons. The number of carbonyl (C=O) groups excluding carboxylic acids is 1. The van der Waals surface area contributed by atoms with E-state index in [4.69, 9.17) is 10.5 Å².